The molecule has 0 spiro atoms. The van der Waals surface area contributed by atoms with Crippen LogP contribution >= 0.6 is 0 Å². The summed E-state index contributed by atoms with van der Waals surface area (Å²) in [5, 5.41) is 10.1. The summed E-state index contributed by atoms with van der Waals surface area (Å²) < 4.78 is 2.23. The van der Waals surface area contributed by atoms with Gasteiger partial charge < -0.3 is 21.1 Å². The van der Waals surface area contributed by atoms with Crippen LogP contribution in [-0.4, -0.2) is 21.7 Å². The molecule has 20 heavy (non-hydrogen) atoms. The fourth-order valence-electron chi connectivity index (χ4n) is 3.19. The van der Waals surface area contributed by atoms with Gasteiger partial charge in [-0.2, -0.15) is 0 Å². The molecular formula is C15H19N3O2. The summed E-state index contributed by atoms with van der Waals surface area (Å²) in [5.41, 5.74) is 15.2. The third kappa shape index (κ3) is 1.99. The molecule has 0 aliphatic carbocycles. The van der Waals surface area contributed by atoms with Crippen LogP contribution in [0.1, 0.15) is 30.1 Å². The molecule has 1 aliphatic rings. The van der Waals surface area contributed by atoms with E-state index in [9.17, 15) is 4.79 Å². The van der Waals surface area contributed by atoms with Crippen LogP contribution in [0.3, 0.4) is 0 Å². The molecule has 3 rings (SSSR count). The van der Waals surface area contributed by atoms with Crippen molar-refractivity contribution in [1.29, 1.82) is 0 Å². The number of hydrogen-bond acceptors (Lipinski definition) is 3. The number of nitrogens with zero attached hydrogens (tertiary/aromatic N) is 1. The number of hydrogen-bond donors (Lipinski definition) is 3. The summed E-state index contributed by atoms with van der Waals surface area (Å²) in [5.74, 6) is -0.974. The van der Waals surface area contributed by atoms with E-state index in [2.05, 4.69) is 10.6 Å². The van der Waals surface area contributed by atoms with Crippen LogP contribution in [0.4, 0.5) is 0 Å². The number of nitrogens with two attached hydrogens (primary N) is 2. The Balaban J connectivity index is 2.18. The number of aromatic nitrogens is 1. The van der Waals surface area contributed by atoms with Gasteiger partial charge >= 0.3 is 5.97 Å². The van der Waals surface area contributed by atoms with Crippen molar-refractivity contribution >= 4 is 16.9 Å². The molecule has 0 radical (unpaired) electrons. The van der Waals surface area contributed by atoms with Gasteiger partial charge in [-0.15, -0.1) is 0 Å². The highest BCUT2D eigenvalue weighted by Gasteiger charge is 2.27. The molecule has 0 saturated heterocycles. The van der Waals surface area contributed by atoms with Gasteiger partial charge in [0.1, 0.15) is 6.04 Å². The largest absolute Gasteiger partial charge is 0.480 e. The van der Waals surface area contributed by atoms with Gasteiger partial charge in [0.15, 0.2) is 0 Å². The Morgan fingerprint density at radius 1 is 1.45 bits per heavy atom. The van der Waals surface area contributed by atoms with Crippen LogP contribution in [0.25, 0.3) is 10.9 Å². The number of carboxylic acids is 1. The van der Waals surface area contributed by atoms with Crippen molar-refractivity contribution in [3.8, 4) is 0 Å². The summed E-state index contributed by atoms with van der Waals surface area (Å²) in [6.45, 7) is 0.936. The molecule has 0 amide bonds. The predicted octanol–water partition coefficient (Wildman–Crippen LogP) is 1.39. The average Bonchev–Trinajstić information content (AvgIpc) is 2.75. The van der Waals surface area contributed by atoms with Gasteiger partial charge in [-0.05, 0) is 24.5 Å². The Bertz CT molecular complexity index is 662. The topological polar surface area (TPSA) is 94.3 Å². The summed E-state index contributed by atoms with van der Waals surface area (Å²) in [6.07, 6.45) is 2.31. The Morgan fingerprint density at radius 2 is 2.20 bits per heavy atom. The van der Waals surface area contributed by atoms with Crippen LogP contribution in [0.15, 0.2) is 24.3 Å². The van der Waals surface area contributed by atoms with Crippen molar-refractivity contribution < 1.29 is 9.90 Å². The molecular weight excluding hydrogens is 254 g/mol. The van der Waals surface area contributed by atoms with E-state index in [1.165, 1.54) is 0 Å². The molecule has 5 nitrogen and oxygen atoms in total. The molecule has 2 aromatic rings. The molecule has 1 aromatic heterocycles. The Hall–Kier alpha value is -1.85. The first-order chi connectivity index (χ1) is 9.59. The Kier molecular flexibility index (Phi) is 3.23. The van der Waals surface area contributed by atoms with Crippen molar-refractivity contribution in [3.05, 3.63) is 35.5 Å². The van der Waals surface area contributed by atoms with Crippen LogP contribution in [-0.2, 0) is 17.8 Å². The molecule has 0 saturated carbocycles. The number of aliphatic carboxylic acids is 1. The SMILES string of the molecule is N[C@@H](Cc1c2n(c3ccccc13)CCC[C@@H]2N)C(=O)O. The van der Waals surface area contributed by atoms with E-state index in [-0.39, 0.29) is 6.04 Å². The van der Waals surface area contributed by atoms with Crippen molar-refractivity contribution in [3.63, 3.8) is 0 Å². The number of carboxylic acid groups (broad SMARTS) is 1. The number of aryl methyl sites for hydroxylation is 1. The van der Waals surface area contributed by atoms with Gasteiger partial charge in [-0.1, -0.05) is 18.2 Å². The summed E-state index contributed by atoms with van der Waals surface area (Å²) in [6, 6.07) is 7.13. The van der Waals surface area contributed by atoms with E-state index < -0.39 is 12.0 Å². The molecule has 5 heteroatoms. The van der Waals surface area contributed by atoms with Gasteiger partial charge in [0.2, 0.25) is 0 Å². The minimum atomic E-state index is -0.974. The van der Waals surface area contributed by atoms with E-state index in [1.807, 2.05) is 18.2 Å². The van der Waals surface area contributed by atoms with Crippen LogP contribution < -0.4 is 11.5 Å². The fourth-order valence-corrected chi connectivity index (χ4v) is 3.19. The first-order valence-corrected chi connectivity index (χ1v) is 6.93. The second-order valence-electron chi connectivity index (χ2n) is 5.43. The third-order valence-electron chi connectivity index (χ3n) is 4.11. The van der Waals surface area contributed by atoms with Crippen molar-refractivity contribution in [2.24, 2.45) is 11.5 Å². The maximum Gasteiger partial charge on any atom is 0.320 e. The predicted molar refractivity (Wildman–Crippen MR) is 77.4 cm³/mol. The van der Waals surface area contributed by atoms with Gasteiger partial charge in [0, 0.05) is 35.6 Å². The van der Waals surface area contributed by atoms with E-state index in [4.69, 9.17) is 16.6 Å². The van der Waals surface area contributed by atoms with E-state index in [1.54, 1.807) is 0 Å². The van der Waals surface area contributed by atoms with E-state index in [0.717, 1.165) is 41.5 Å². The van der Waals surface area contributed by atoms with Crippen molar-refractivity contribution in [2.45, 2.75) is 37.9 Å². The maximum absolute atomic E-state index is 11.0. The van der Waals surface area contributed by atoms with Crippen LogP contribution in [0.2, 0.25) is 0 Å². The Morgan fingerprint density at radius 3 is 2.95 bits per heavy atom. The highest BCUT2D eigenvalue weighted by molar-refractivity contribution is 5.87. The lowest BCUT2D eigenvalue weighted by Gasteiger charge is -2.24. The van der Waals surface area contributed by atoms with Gasteiger partial charge in [0.25, 0.3) is 0 Å². The molecule has 1 aliphatic heterocycles. The molecule has 106 valence electrons. The van der Waals surface area contributed by atoms with Gasteiger partial charge in [-0.25, -0.2) is 0 Å². The highest BCUT2D eigenvalue weighted by atomic mass is 16.4. The number of para-hydroxylation sites is 1. The lowest BCUT2D eigenvalue weighted by Crippen LogP contribution is -2.33. The molecule has 2 atom stereocenters. The molecule has 0 unspecified atom stereocenters. The average molecular weight is 273 g/mol. The molecule has 0 bridgehead atoms. The highest BCUT2D eigenvalue weighted by Crippen LogP contribution is 2.35. The monoisotopic (exact) mass is 273 g/mol. The third-order valence-corrected chi connectivity index (χ3v) is 4.11. The summed E-state index contributed by atoms with van der Waals surface area (Å²) in [7, 11) is 0. The second kappa shape index (κ2) is 4.92. The second-order valence-corrected chi connectivity index (χ2v) is 5.43. The van der Waals surface area contributed by atoms with Crippen LogP contribution in [0, 0.1) is 0 Å². The quantitative estimate of drug-likeness (QED) is 0.787. The Labute approximate surface area is 117 Å². The molecule has 1 aromatic carbocycles. The first kappa shape index (κ1) is 13.1. The smallest absolute Gasteiger partial charge is 0.320 e. The normalized spacial score (nSPS) is 19.8. The van der Waals surface area contributed by atoms with E-state index in [0.29, 0.717) is 6.42 Å². The van der Waals surface area contributed by atoms with Gasteiger partial charge in [-0.3, -0.25) is 4.79 Å². The van der Waals surface area contributed by atoms with Crippen molar-refractivity contribution in [1.82, 2.24) is 4.57 Å². The maximum atomic E-state index is 11.0. The van der Waals surface area contributed by atoms with Crippen LogP contribution in [0.5, 0.6) is 0 Å². The number of benzene rings is 1. The zero-order chi connectivity index (χ0) is 14.3. The van der Waals surface area contributed by atoms with Gasteiger partial charge in [0.05, 0.1) is 0 Å². The zero-order valence-corrected chi connectivity index (χ0v) is 11.2. The lowest BCUT2D eigenvalue weighted by atomic mass is 9.96. The number of carbonyl (C=O) groups is 1. The standard InChI is InChI=1S/C15H19N3O2/c16-11-5-3-7-18-13-6-2-1-4-9(13)10(14(11)18)8-12(17)15(19)20/h1-2,4,6,11-12H,3,5,7-8,16-17H2,(H,19,20)/t11-,12-/m0/s1. The summed E-state index contributed by atoms with van der Waals surface area (Å²) >= 11 is 0. The molecule has 5 N–H and O–H groups in total. The van der Waals surface area contributed by atoms with E-state index >= 15 is 0 Å². The molecule has 0 fully saturated rings. The fraction of sp³-hybridized carbons (Fsp3) is 0.400. The number of fused-ring (bicyclic) bond motifs is 3. The summed E-state index contributed by atoms with van der Waals surface area (Å²) in [4.78, 5) is 11.0. The minimum absolute atomic E-state index is 0.0351. The minimum Gasteiger partial charge on any atom is -0.480 e. The first-order valence-electron chi connectivity index (χ1n) is 6.93. The van der Waals surface area contributed by atoms with Crippen molar-refractivity contribution in [2.75, 3.05) is 0 Å². The molecule has 2 heterocycles. The number of rotatable bonds is 3. The lowest BCUT2D eigenvalue weighted by molar-refractivity contribution is -0.138. The zero-order valence-electron chi connectivity index (χ0n) is 11.2.